The van der Waals surface area contributed by atoms with Crippen molar-refractivity contribution in [2.24, 2.45) is 0 Å². The Morgan fingerprint density at radius 2 is 1.67 bits per heavy atom. The molecule has 1 atom stereocenters. The summed E-state index contributed by atoms with van der Waals surface area (Å²) in [4.78, 5) is 12.1. The van der Waals surface area contributed by atoms with Crippen molar-refractivity contribution >= 4 is 5.91 Å². The zero-order valence-corrected chi connectivity index (χ0v) is 14.8. The molecule has 0 radical (unpaired) electrons. The molecule has 0 bridgehead atoms. The van der Waals surface area contributed by atoms with Crippen LogP contribution < -0.4 is 14.8 Å². The van der Waals surface area contributed by atoms with Crippen LogP contribution >= 0.6 is 0 Å². The smallest absolute Gasteiger partial charge is 0.258 e. The first-order valence-corrected chi connectivity index (χ1v) is 8.21. The molecule has 2 aromatic rings. The summed E-state index contributed by atoms with van der Waals surface area (Å²) in [6.45, 7) is 8.61. The highest BCUT2D eigenvalue weighted by molar-refractivity contribution is 5.78. The van der Waals surface area contributed by atoms with E-state index in [1.54, 1.807) is 0 Å². The highest BCUT2D eigenvalue weighted by Gasteiger charge is 2.10. The summed E-state index contributed by atoms with van der Waals surface area (Å²) in [5.41, 5.74) is 3.38. The lowest BCUT2D eigenvalue weighted by molar-refractivity contribution is -0.123. The maximum absolute atomic E-state index is 12.1. The molecular formula is C20H25NO3. The lowest BCUT2D eigenvalue weighted by atomic mass is 10.1. The van der Waals surface area contributed by atoms with Gasteiger partial charge in [0.2, 0.25) is 0 Å². The summed E-state index contributed by atoms with van der Waals surface area (Å²) < 4.78 is 11.0. The van der Waals surface area contributed by atoms with Gasteiger partial charge in [-0.05, 0) is 68.7 Å². The second-order valence-corrected chi connectivity index (χ2v) is 5.83. The number of rotatable bonds is 7. The van der Waals surface area contributed by atoms with Gasteiger partial charge < -0.3 is 14.8 Å². The van der Waals surface area contributed by atoms with Crippen molar-refractivity contribution in [1.82, 2.24) is 5.32 Å². The number of carbonyl (C=O) groups is 1. The highest BCUT2D eigenvalue weighted by atomic mass is 16.5. The lowest BCUT2D eigenvalue weighted by Crippen LogP contribution is -2.31. The zero-order valence-electron chi connectivity index (χ0n) is 14.8. The Bertz CT molecular complexity index is 680. The summed E-state index contributed by atoms with van der Waals surface area (Å²) in [7, 11) is 0. The number of ether oxygens (including phenoxy) is 2. The lowest BCUT2D eigenvalue weighted by Gasteiger charge is -2.15. The van der Waals surface area contributed by atoms with Gasteiger partial charge in [-0.25, -0.2) is 0 Å². The van der Waals surface area contributed by atoms with Gasteiger partial charge in [0.1, 0.15) is 11.5 Å². The SMILES string of the molecule is CCOc1ccc([C@@H](C)NC(=O)COc2ccc(C)c(C)c2)cc1. The minimum Gasteiger partial charge on any atom is -0.494 e. The molecule has 0 unspecified atom stereocenters. The Morgan fingerprint density at radius 1 is 1.00 bits per heavy atom. The molecule has 0 aliphatic rings. The molecule has 2 aromatic carbocycles. The number of nitrogens with one attached hydrogen (secondary N) is 1. The normalized spacial score (nSPS) is 11.7. The predicted molar refractivity (Wildman–Crippen MR) is 95.6 cm³/mol. The largest absolute Gasteiger partial charge is 0.494 e. The molecule has 1 amide bonds. The summed E-state index contributed by atoms with van der Waals surface area (Å²) in [6.07, 6.45) is 0. The Hall–Kier alpha value is -2.49. The third-order valence-electron chi connectivity index (χ3n) is 3.92. The molecule has 0 spiro atoms. The third kappa shape index (κ3) is 5.01. The molecule has 4 nitrogen and oxygen atoms in total. The number of aryl methyl sites for hydroxylation is 2. The van der Waals surface area contributed by atoms with Crippen LogP contribution in [0.3, 0.4) is 0 Å². The van der Waals surface area contributed by atoms with Crippen molar-refractivity contribution in [3.05, 3.63) is 59.2 Å². The first-order valence-electron chi connectivity index (χ1n) is 8.21. The van der Waals surface area contributed by atoms with E-state index in [-0.39, 0.29) is 18.6 Å². The highest BCUT2D eigenvalue weighted by Crippen LogP contribution is 2.18. The maximum Gasteiger partial charge on any atom is 0.258 e. The number of benzene rings is 2. The van der Waals surface area contributed by atoms with Crippen LogP contribution in [0.2, 0.25) is 0 Å². The first-order chi connectivity index (χ1) is 11.5. The Morgan fingerprint density at radius 3 is 2.29 bits per heavy atom. The van der Waals surface area contributed by atoms with Gasteiger partial charge in [0.15, 0.2) is 6.61 Å². The fourth-order valence-corrected chi connectivity index (χ4v) is 2.34. The molecule has 0 saturated heterocycles. The van der Waals surface area contributed by atoms with Gasteiger partial charge in [0.25, 0.3) is 5.91 Å². The molecule has 0 fully saturated rings. The van der Waals surface area contributed by atoms with E-state index in [4.69, 9.17) is 9.47 Å². The molecule has 0 aliphatic carbocycles. The van der Waals surface area contributed by atoms with Crippen LogP contribution in [0.4, 0.5) is 0 Å². The molecule has 0 heterocycles. The molecule has 24 heavy (non-hydrogen) atoms. The van der Waals surface area contributed by atoms with Crippen LogP contribution in [0, 0.1) is 13.8 Å². The summed E-state index contributed by atoms with van der Waals surface area (Å²) in [6, 6.07) is 13.5. The molecule has 0 aliphatic heterocycles. The molecule has 1 N–H and O–H groups in total. The van der Waals surface area contributed by atoms with Crippen molar-refractivity contribution in [1.29, 1.82) is 0 Å². The number of amides is 1. The summed E-state index contributed by atoms with van der Waals surface area (Å²) in [5, 5.41) is 2.94. The van der Waals surface area contributed by atoms with Crippen LogP contribution in [0.15, 0.2) is 42.5 Å². The van der Waals surface area contributed by atoms with Crippen LogP contribution in [-0.4, -0.2) is 19.1 Å². The molecule has 0 saturated carbocycles. The van der Waals surface area contributed by atoms with Gasteiger partial charge in [-0.2, -0.15) is 0 Å². The van der Waals surface area contributed by atoms with Crippen molar-refractivity contribution in [2.45, 2.75) is 33.7 Å². The minimum atomic E-state index is -0.144. The molecular weight excluding hydrogens is 302 g/mol. The monoisotopic (exact) mass is 327 g/mol. The van der Waals surface area contributed by atoms with Crippen LogP contribution in [-0.2, 0) is 4.79 Å². The fraction of sp³-hybridized carbons (Fsp3) is 0.350. The second kappa shape index (κ2) is 8.39. The quantitative estimate of drug-likeness (QED) is 0.837. The summed E-state index contributed by atoms with van der Waals surface area (Å²) in [5.74, 6) is 1.40. The van der Waals surface area contributed by atoms with E-state index >= 15 is 0 Å². The molecule has 4 heteroatoms. The van der Waals surface area contributed by atoms with Gasteiger partial charge >= 0.3 is 0 Å². The summed E-state index contributed by atoms with van der Waals surface area (Å²) >= 11 is 0. The second-order valence-electron chi connectivity index (χ2n) is 5.83. The van der Waals surface area contributed by atoms with Crippen molar-refractivity contribution in [2.75, 3.05) is 13.2 Å². The minimum absolute atomic E-state index is 0.00384. The Kier molecular flexibility index (Phi) is 6.24. The van der Waals surface area contributed by atoms with Crippen LogP contribution in [0.25, 0.3) is 0 Å². The van der Waals surface area contributed by atoms with Crippen LogP contribution in [0.5, 0.6) is 11.5 Å². The van der Waals surface area contributed by atoms with Crippen molar-refractivity contribution in [3.63, 3.8) is 0 Å². The zero-order chi connectivity index (χ0) is 17.5. The van der Waals surface area contributed by atoms with E-state index in [1.807, 2.05) is 70.2 Å². The maximum atomic E-state index is 12.1. The van der Waals surface area contributed by atoms with Gasteiger partial charge in [-0.15, -0.1) is 0 Å². The molecule has 0 aromatic heterocycles. The number of hydrogen-bond donors (Lipinski definition) is 1. The fourth-order valence-electron chi connectivity index (χ4n) is 2.34. The van der Waals surface area contributed by atoms with E-state index < -0.39 is 0 Å². The average molecular weight is 327 g/mol. The van der Waals surface area contributed by atoms with Gasteiger partial charge in [-0.3, -0.25) is 4.79 Å². The third-order valence-corrected chi connectivity index (χ3v) is 3.92. The van der Waals surface area contributed by atoms with Gasteiger partial charge in [0, 0.05) is 0 Å². The number of carbonyl (C=O) groups excluding carboxylic acids is 1. The van der Waals surface area contributed by atoms with Crippen molar-refractivity contribution < 1.29 is 14.3 Å². The van der Waals surface area contributed by atoms with Gasteiger partial charge in [-0.1, -0.05) is 18.2 Å². The molecule has 128 valence electrons. The van der Waals surface area contributed by atoms with E-state index in [0.717, 1.165) is 16.9 Å². The predicted octanol–water partition coefficient (Wildman–Crippen LogP) is 3.96. The van der Waals surface area contributed by atoms with Gasteiger partial charge in [0.05, 0.1) is 12.6 Å². The average Bonchev–Trinajstić information content (AvgIpc) is 2.57. The Labute approximate surface area is 143 Å². The standard InChI is InChI=1S/C20H25NO3/c1-5-23-18-10-7-17(8-11-18)16(4)21-20(22)13-24-19-9-6-14(2)15(3)12-19/h6-12,16H,5,13H2,1-4H3,(H,21,22)/t16-/m1/s1. The first kappa shape index (κ1) is 17.9. The van der Waals surface area contributed by atoms with Crippen LogP contribution in [0.1, 0.15) is 36.6 Å². The molecule has 2 rings (SSSR count). The van der Waals surface area contributed by atoms with E-state index in [9.17, 15) is 4.79 Å². The Balaban J connectivity index is 1.85. The van der Waals surface area contributed by atoms with Crippen molar-refractivity contribution in [3.8, 4) is 11.5 Å². The van der Waals surface area contributed by atoms with E-state index in [2.05, 4.69) is 5.32 Å². The topological polar surface area (TPSA) is 47.6 Å². The number of hydrogen-bond acceptors (Lipinski definition) is 3. The van der Waals surface area contributed by atoms with E-state index in [1.165, 1.54) is 5.56 Å². The van der Waals surface area contributed by atoms with E-state index in [0.29, 0.717) is 12.4 Å².